The number of hydrogen-bond acceptors (Lipinski definition) is 3. The van der Waals surface area contributed by atoms with Gasteiger partial charge in [0.25, 0.3) is 0 Å². The lowest BCUT2D eigenvalue weighted by atomic mass is 9.93. The second kappa shape index (κ2) is 6.38. The Morgan fingerprint density at radius 2 is 1.79 bits per heavy atom. The molecule has 0 aliphatic carbocycles. The zero-order valence-electron chi connectivity index (χ0n) is 9.88. The molecule has 0 spiro atoms. The number of hydrogen-bond donors (Lipinski definition) is 3. The molecule has 0 aromatic rings. The quantitative estimate of drug-likeness (QED) is 0.578. The van der Waals surface area contributed by atoms with E-state index in [1.165, 1.54) is 0 Å². The van der Waals surface area contributed by atoms with E-state index < -0.39 is 0 Å². The van der Waals surface area contributed by atoms with Gasteiger partial charge >= 0.3 is 0 Å². The number of aliphatic hydroxyl groups is 2. The Kier molecular flexibility index (Phi) is 6.33. The lowest BCUT2D eigenvalue weighted by Crippen LogP contribution is -2.41. The van der Waals surface area contributed by atoms with Crippen molar-refractivity contribution in [1.29, 1.82) is 0 Å². The van der Waals surface area contributed by atoms with Crippen molar-refractivity contribution in [2.24, 2.45) is 11.3 Å². The van der Waals surface area contributed by atoms with E-state index in [0.29, 0.717) is 12.0 Å². The zero-order valence-corrected chi connectivity index (χ0v) is 9.88. The molecule has 3 nitrogen and oxygen atoms in total. The van der Waals surface area contributed by atoms with Crippen molar-refractivity contribution in [2.75, 3.05) is 19.8 Å². The maximum atomic E-state index is 9.09. The molecule has 0 saturated carbocycles. The first-order valence-electron chi connectivity index (χ1n) is 5.38. The summed E-state index contributed by atoms with van der Waals surface area (Å²) in [7, 11) is 0. The Bertz CT molecular complexity index is 146. The fourth-order valence-electron chi connectivity index (χ4n) is 1.27. The summed E-state index contributed by atoms with van der Waals surface area (Å²) in [6.07, 6.45) is 0.777. The predicted octanol–water partition coefficient (Wildman–Crippen LogP) is 1.00. The van der Waals surface area contributed by atoms with Crippen molar-refractivity contribution in [3.05, 3.63) is 0 Å². The maximum Gasteiger partial charge on any atom is 0.0494 e. The Morgan fingerprint density at radius 1 is 1.21 bits per heavy atom. The summed E-state index contributed by atoms with van der Waals surface area (Å²) < 4.78 is 0. The minimum Gasteiger partial charge on any atom is -0.396 e. The van der Waals surface area contributed by atoms with E-state index >= 15 is 0 Å². The second-order valence-electron chi connectivity index (χ2n) is 5.07. The van der Waals surface area contributed by atoms with Crippen LogP contribution in [0, 0.1) is 11.3 Å². The predicted molar refractivity (Wildman–Crippen MR) is 59.2 cm³/mol. The van der Waals surface area contributed by atoms with Crippen LogP contribution in [0.1, 0.15) is 34.1 Å². The Hall–Kier alpha value is -0.120. The van der Waals surface area contributed by atoms with Gasteiger partial charge in [0.05, 0.1) is 0 Å². The van der Waals surface area contributed by atoms with E-state index in [-0.39, 0.29) is 18.6 Å². The standard InChI is InChI=1S/C11H25NO2/c1-9(2)10(5-6-13)12-7-11(3,4)8-14/h9-10,12-14H,5-8H2,1-4H3. The normalized spacial score (nSPS) is 14.8. The fourth-order valence-corrected chi connectivity index (χ4v) is 1.27. The second-order valence-corrected chi connectivity index (χ2v) is 5.07. The number of nitrogens with one attached hydrogen (secondary N) is 1. The molecular weight excluding hydrogens is 178 g/mol. The van der Waals surface area contributed by atoms with Crippen LogP contribution in [0.5, 0.6) is 0 Å². The van der Waals surface area contributed by atoms with Crippen LogP contribution in [0.2, 0.25) is 0 Å². The lowest BCUT2D eigenvalue weighted by molar-refractivity contribution is 0.145. The third-order valence-electron chi connectivity index (χ3n) is 2.52. The van der Waals surface area contributed by atoms with Crippen LogP contribution in [0.15, 0.2) is 0 Å². The van der Waals surface area contributed by atoms with Crippen molar-refractivity contribution < 1.29 is 10.2 Å². The van der Waals surface area contributed by atoms with Crippen LogP contribution in [-0.2, 0) is 0 Å². The van der Waals surface area contributed by atoms with Crippen molar-refractivity contribution in [1.82, 2.24) is 5.32 Å². The van der Waals surface area contributed by atoms with Gasteiger partial charge in [-0.3, -0.25) is 0 Å². The smallest absolute Gasteiger partial charge is 0.0494 e. The van der Waals surface area contributed by atoms with Crippen molar-refractivity contribution >= 4 is 0 Å². The molecule has 3 heteroatoms. The van der Waals surface area contributed by atoms with Gasteiger partial charge in [-0.2, -0.15) is 0 Å². The monoisotopic (exact) mass is 203 g/mol. The topological polar surface area (TPSA) is 52.5 Å². The molecular formula is C11H25NO2. The van der Waals surface area contributed by atoms with Crippen molar-refractivity contribution in [3.63, 3.8) is 0 Å². The summed E-state index contributed by atoms with van der Waals surface area (Å²) in [5.74, 6) is 0.511. The number of aliphatic hydroxyl groups excluding tert-OH is 2. The third kappa shape index (κ3) is 5.58. The van der Waals surface area contributed by atoms with Gasteiger partial charge < -0.3 is 15.5 Å². The third-order valence-corrected chi connectivity index (χ3v) is 2.52. The lowest BCUT2D eigenvalue weighted by Gasteiger charge is -2.28. The van der Waals surface area contributed by atoms with Gasteiger partial charge in [-0.1, -0.05) is 27.7 Å². The summed E-state index contributed by atoms with van der Waals surface area (Å²) in [6, 6.07) is 0.339. The van der Waals surface area contributed by atoms with Gasteiger partial charge in [0.2, 0.25) is 0 Å². The molecule has 1 atom stereocenters. The summed E-state index contributed by atoms with van der Waals surface area (Å²) in [6.45, 7) is 9.51. The van der Waals surface area contributed by atoms with Crippen LogP contribution < -0.4 is 5.32 Å². The van der Waals surface area contributed by atoms with Crippen LogP contribution in [0.4, 0.5) is 0 Å². The summed E-state index contributed by atoms with van der Waals surface area (Å²) >= 11 is 0. The molecule has 0 rings (SSSR count). The molecule has 0 heterocycles. The molecule has 1 unspecified atom stereocenters. The van der Waals surface area contributed by atoms with Gasteiger partial charge in [-0.15, -0.1) is 0 Å². The SMILES string of the molecule is CC(C)C(CCO)NCC(C)(C)CO. The summed E-state index contributed by atoms with van der Waals surface area (Å²) in [5.41, 5.74) is -0.0808. The molecule has 0 aromatic carbocycles. The number of rotatable bonds is 7. The molecule has 0 radical (unpaired) electrons. The molecule has 0 amide bonds. The van der Waals surface area contributed by atoms with E-state index in [1.807, 2.05) is 13.8 Å². The van der Waals surface area contributed by atoms with Crippen molar-refractivity contribution in [2.45, 2.75) is 40.2 Å². The molecule has 0 aliphatic heterocycles. The Balaban J connectivity index is 3.93. The first kappa shape index (κ1) is 13.9. The molecule has 3 N–H and O–H groups in total. The fraction of sp³-hybridized carbons (Fsp3) is 1.00. The molecule has 0 bridgehead atoms. The van der Waals surface area contributed by atoms with Crippen molar-refractivity contribution in [3.8, 4) is 0 Å². The van der Waals surface area contributed by atoms with Gasteiger partial charge in [0.15, 0.2) is 0 Å². The molecule has 0 saturated heterocycles. The average Bonchev–Trinajstić information content (AvgIpc) is 2.12. The largest absolute Gasteiger partial charge is 0.396 e. The van der Waals surface area contributed by atoms with Crippen LogP contribution in [0.25, 0.3) is 0 Å². The highest BCUT2D eigenvalue weighted by Gasteiger charge is 2.19. The van der Waals surface area contributed by atoms with Gasteiger partial charge in [-0.05, 0) is 12.3 Å². The van der Waals surface area contributed by atoms with E-state index in [2.05, 4.69) is 19.2 Å². The highest BCUT2D eigenvalue weighted by Crippen LogP contribution is 2.14. The average molecular weight is 203 g/mol. The highest BCUT2D eigenvalue weighted by molar-refractivity contribution is 4.76. The zero-order chi connectivity index (χ0) is 11.2. The minimum absolute atomic E-state index is 0.0808. The maximum absolute atomic E-state index is 9.09. The molecule has 14 heavy (non-hydrogen) atoms. The Labute approximate surface area is 87.5 Å². The van der Waals surface area contributed by atoms with Gasteiger partial charge in [0.1, 0.15) is 0 Å². The highest BCUT2D eigenvalue weighted by atomic mass is 16.3. The van der Waals surface area contributed by atoms with E-state index in [4.69, 9.17) is 10.2 Å². The van der Waals surface area contributed by atoms with E-state index in [1.54, 1.807) is 0 Å². The van der Waals surface area contributed by atoms with Crippen LogP contribution >= 0.6 is 0 Å². The van der Waals surface area contributed by atoms with Crippen LogP contribution in [-0.4, -0.2) is 36.0 Å². The molecule has 0 aliphatic rings. The first-order chi connectivity index (χ1) is 6.43. The first-order valence-corrected chi connectivity index (χ1v) is 5.38. The summed E-state index contributed by atoms with van der Waals surface area (Å²) in [5, 5.41) is 21.4. The van der Waals surface area contributed by atoms with E-state index in [0.717, 1.165) is 13.0 Å². The molecule has 0 aromatic heterocycles. The minimum atomic E-state index is -0.0808. The Morgan fingerprint density at radius 3 is 2.14 bits per heavy atom. The van der Waals surface area contributed by atoms with Gasteiger partial charge in [0, 0.05) is 31.2 Å². The van der Waals surface area contributed by atoms with Crippen LogP contribution in [0.3, 0.4) is 0 Å². The van der Waals surface area contributed by atoms with E-state index in [9.17, 15) is 0 Å². The van der Waals surface area contributed by atoms with Gasteiger partial charge in [-0.25, -0.2) is 0 Å². The molecule has 86 valence electrons. The summed E-state index contributed by atoms with van der Waals surface area (Å²) in [4.78, 5) is 0. The molecule has 0 fully saturated rings.